The maximum Gasteiger partial charge on any atom is 0.255 e. The van der Waals surface area contributed by atoms with Crippen molar-refractivity contribution in [3.05, 3.63) is 29.3 Å². The van der Waals surface area contributed by atoms with Gasteiger partial charge in [0.1, 0.15) is 18.5 Å². The number of rotatable bonds is 3. The molecule has 4 N–H and O–H groups in total. The number of benzene rings is 1. The number of para-hydroxylation sites is 1. The van der Waals surface area contributed by atoms with Crippen molar-refractivity contribution >= 4 is 5.91 Å². The Morgan fingerprint density at radius 1 is 1.30 bits per heavy atom. The highest BCUT2D eigenvalue weighted by molar-refractivity contribution is 5.97. The van der Waals surface area contributed by atoms with Crippen molar-refractivity contribution in [3.63, 3.8) is 0 Å². The average molecular weight is 376 g/mol. The molecule has 1 saturated carbocycles. The number of amides is 1. The minimum absolute atomic E-state index is 0.0325. The maximum atomic E-state index is 14.2. The van der Waals surface area contributed by atoms with Gasteiger partial charge in [-0.05, 0) is 38.7 Å². The van der Waals surface area contributed by atoms with Crippen molar-refractivity contribution in [1.29, 1.82) is 0 Å². The van der Waals surface area contributed by atoms with Crippen molar-refractivity contribution < 1.29 is 13.9 Å². The number of ether oxygens (including phenoxy) is 1. The third-order valence-corrected chi connectivity index (χ3v) is 6.10. The Balaban J connectivity index is 1.52. The fourth-order valence-corrected chi connectivity index (χ4v) is 4.72. The molecule has 7 heteroatoms. The summed E-state index contributed by atoms with van der Waals surface area (Å²) in [6.45, 7) is 5.98. The first-order chi connectivity index (χ1) is 13.0. The molecule has 0 radical (unpaired) electrons. The van der Waals surface area contributed by atoms with Gasteiger partial charge in [-0.15, -0.1) is 0 Å². The zero-order valence-corrected chi connectivity index (χ0v) is 16.0. The van der Waals surface area contributed by atoms with E-state index < -0.39 is 11.7 Å². The Morgan fingerprint density at radius 3 is 3.00 bits per heavy atom. The zero-order chi connectivity index (χ0) is 19.0. The van der Waals surface area contributed by atoms with E-state index in [0.717, 1.165) is 24.9 Å². The van der Waals surface area contributed by atoms with E-state index in [1.54, 1.807) is 6.07 Å². The second-order valence-corrected chi connectivity index (χ2v) is 8.40. The summed E-state index contributed by atoms with van der Waals surface area (Å²) < 4.78 is 20.1. The van der Waals surface area contributed by atoms with Crippen LogP contribution >= 0.6 is 0 Å². The lowest BCUT2D eigenvalue weighted by molar-refractivity contribution is 0.0864. The molecule has 148 valence electrons. The third kappa shape index (κ3) is 3.56. The first kappa shape index (κ1) is 18.7. The Morgan fingerprint density at radius 2 is 2.15 bits per heavy atom. The molecule has 6 nitrogen and oxygen atoms in total. The molecule has 4 atom stereocenters. The van der Waals surface area contributed by atoms with Gasteiger partial charge in [-0.1, -0.05) is 18.6 Å². The van der Waals surface area contributed by atoms with Crippen LogP contribution in [-0.2, 0) is 6.54 Å². The summed E-state index contributed by atoms with van der Waals surface area (Å²) >= 11 is 0. The summed E-state index contributed by atoms with van der Waals surface area (Å²) in [5, 5.41) is 6.46. The number of alkyl halides is 1. The molecule has 4 rings (SSSR count). The third-order valence-electron chi connectivity index (χ3n) is 6.10. The molecule has 1 aliphatic carbocycles. The summed E-state index contributed by atoms with van der Waals surface area (Å²) in [7, 11) is 0. The van der Waals surface area contributed by atoms with E-state index in [0.29, 0.717) is 30.9 Å². The second-order valence-electron chi connectivity index (χ2n) is 8.40. The van der Waals surface area contributed by atoms with Gasteiger partial charge >= 0.3 is 0 Å². The lowest BCUT2D eigenvalue weighted by Crippen LogP contribution is -2.59. The van der Waals surface area contributed by atoms with Crippen LogP contribution in [0.2, 0.25) is 0 Å². The molecule has 2 heterocycles. The van der Waals surface area contributed by atoms with Crippen LogP contribution in [0.3, 0.4) is 0 Å². The van der Waals surface area contributed by atoms with E-state index in [-0.39, 0.29) is 23.9 Å². The number of hydrogen-bond acceptors (Lipinski definition) is 5. The van der Waals surface area contributed by atoms with Gasteiger partial charge in [0.2, 0.25) is 0 Å². The number of nitrogens with one attached hydrogen (secondary N) is 4. The maximum absolute atomic E-state index is 14.2. The van der Waals surface area contributed by atoms with E-state index in [4.69, 9.17) is 4.74 Å². The van der Waals surface area contributed by atoms with E-state index in [1.807, 2.05) is 26.0 Å². The number of hydrogen-bond donors (Lipinski definition) is 4. The van der Waals surface area contributed by atoms with E-state index >= 15 is 0 Å². The van der Waals surface area contributed by atoms with Gasteiger partial charge < -0.3 is 15.4 Å². The fourth-order valence-electron chi connectivity index (χ4n) is 4.72. The number of halogens is 1. The molecule has 0 bridgehead atoms. The first-order valence-electron chi connectivity index (χ1n) is 9.90. The molecule has 1 aromatic carbocycles. The van der Waals surface area contributed by atoms with Crippen molar-refractivity contribution in [2.24, 2.45) is 5.92 Å². The molecule has 1 aromatic rings. The Kier molecular flexibility index (Phi) is 5.09. The standard InChI is InChI=1S/C20H29FN4O2/c1-20(2,18-13-6-4-8-15(21)16(13)24-25-18)23-19(26)14-7-3-5-12-11-22-9-10-27-17(12)14/h3,5,7,13,15-16,18,22,24-25H,4,6,8-11H2,1-2H3,(H,23,26). The van der Waals surface area contributed by atoms with Crippen LogP contribution in [-0.4, -0.2) is 42.9 Å². The molecule has 2 fully saturated rings. The number of carbonyl (C=O) groups is 1. The molecule has 0 spiro atoms. The quantitative estimate of drug-likeness (QED) is 0.646. The van der Waals surface area contributed by atoms with Gasteiger partial charge in [-0.2, -0.15) is 0 Å². The number of hydrazine groups is 1. The molecule has 2 aliphatic heterocycles. The Hall–Kier alpha value is -1.70. The molecule has 0 aromatic heterocycles. The molecular formula is C20H29FN4O2. The van der Waals surface area contributed by atoms with Crippen LogP contribution < -0.4 is 26.2 Å². The Bertz CT molecular complexity index is 711. The summed E-state index contributed by atoms with van der Waals surface area (Å²) in [5.41, 5.74) is 7.39. The van der Waals surface area contributed by atoms with Crippen LogP contribution in [0.25, 0.3) is 0 Å². The topological polar surface area (TPSA) is 74.4 Å². The van der Waals surface area contributed by atoms with Gasteiger partial charge in [0.05, 0.1) is 17.1 Å². The highest BCUT2D eigenvalue weighted by Crippen LogP contribution is 2.36. The highest BCUT2D eigenvalue weighted by atomic mass is 19.1. The van der Waals surface area contributed by atoms with Crippen molar-refractivity contribution in [1.82, 2.24) is 21.5 Å². The van der Waals surface area contributed by atoms with Gasteiger partial charge in [0.25, 0.3) is 5.91 Å². The number of carbonyl (C=O) groups excluding carboxylic acids is 1. The van der Waals surface area contributed by atoms with Crippen LogP contribution in [0.4, 0.5) is 4.39 Å². The van der Waals surface area contributed by atoms with Crippen molar-refractivity contribution in [3.8, 4) is 5.75 Å². The minimum Gasteiger partial charge on any atom is -0.491 e. The lowest BCUT2D eigenvalue weighted by Gasteiger charge is -2.38. The SMILES string of the molecule is CC(C)(NC(=O)c1cccc2c1OCCNC2)C1NNC2C(F)CCCC21. The largest absolute Gasteiger partial charge is 0.491 e. The van der Waals surface area contributed by atoms with Crippen molar-refractivity contribution in [2.45, 2.75) is 63.4 Å². The summed E-state index contributed by atoms with van der Waals surface area (Å²) in [5.74, 6) is 0.668. The summed E-state index contributed by atoms with van der Waals surface area (Å²) in [6, 6.07) is 5.46. The minimum atomic E-state index is -0.835. The van der Waals surface area contributed by atoms with Gasteiger partial charge in [0.15, 0.2) is 0 Å². The lowest BCUT2D eigenvalue weighted by atomic mass is 9.74. The fraction of sp³-hybridized carbons (Fsp3) is 0.650. The monoisotopic (exact) mass is 376 g/mol. The summed E-state index contributed by atoms with van der Waals surface area (Å²) in [4.78, 5) is 13.1. The molecule has 3 aliphatic rings. The Labute approximate surface area is 159 Å². The van der Waals surface area contributed by atoms with Gasteiger partial charge in [-0.3, -0.25) is 15.6 Å². The smallest absolute Gasteiger partial charge is 0.255 e. The highest BCUT2D eigenvalue weighted by Gasteiger charge is 2.49. The average Bonchev–Trinajstić information content (AvgIpc) is 2.94. The van der Waals surface area contributed by atoms with Gasteiger partial charge in [0, 0.05) is 24.7 Å². The molecule has 1 saturated heterocycles. The molecule has 1 amide bonds. The predicted molar refractivity (Wildman–Crippen MR) is 101 cm³/mol. The molecule has 4 unspecified atom stereocenters. The van der Waals surface area contributed by atoms with Crippen LogP contribution in [0.1, 0.15) is 49.0 Å². The van der Waals surface area contributed by atoms with Crippen LogP contribution in [0.15, 0.2) is 18.2 Å². The normalized spacial score (nSPS) is 30.6. The second kappa shape index (κ2) is 7.37. The zero-order valence-electron chi connectivity index (χ0n) is 16.0. The number of fused-ring (bicyclic) bond motifs is 2. The first-order valence-corrected chi connectivity index (χ1v) is 9.90. The van der Waals surface area contributed by atoms with E-state index in [2.05, 4.69) is 21.5 Å². The van der Waals surface area contributed by atoms with Crippen LogP contribution in [0, 0.1) is 5.92 Å². The van der Waals surface area contributed by atoms with Crippen molar-refractivity contribution in [2.75, 3.05) is 13.2 Å². The molecular weight excluding hydrogens is 347 g/mol. The molecule has 27 heavy (non-hydrogen) atoms. The van der Waals surface area contributed by atoms with Crippen LogP contribution in [0.5, 0.6) is 5.75 Å². The summed E-state index contributed by atoms with van der Waals surface area (Å²) in [6.07, 6.45) is 1.62. The predicted octanol–water partition coefficient (Wildman–Crippen LogP) is 1.66. The van der Waals surface area contributed by atoms with Gasteiger partial charge in [-0.25, -0.2) is 4.39 Å². The van der Waals surface area contributed by atoms with E-state index in [1.165, 1.54) is 0 Å². The van der Waals surface area contributed by atoms with E-state index in [9.17, 15) is 9.18 Å².